The highest BCUT2D eigenvalue weighted by atomic mass is 16.5. The highest BCUT2D eigenvalue weighted by Gasteiger charge is 2.31. The topological polar surface area (TPSA) is 68.2 Å². The summed E-state index contributed by atoms with van der Waals surface area (Å²) in [6, 6.07) is 21.0. The number of phenols is 1. The molecule has 0 saturated carbocycles. The highest BCUT2D eigenvalue weighted by molar-refractivity contribution is 5.78. The number of rotatable bonds is 9. The van der Waals surface area contributed by atoms with Gasteiger partial charge in [-0.15, -0.1) is 0 Å². The Hall–Kier alpha value is -3.67. The third-order valence-electron chi connectivity index (χ3n) is 7.01. The smallest absolute Gasteiger partial charge is 0.223 e. The number of hydrogen-bond acceptors (Lipinski definition) is 5. The van der Waals surface area contributed by atoms with E-state index in [1.165, 1.54) is 0 Å². The minimum absolute atomic E-state index is 0.0324. The van der Waals surface area contributed by atoms with E-state index in [4.69, 9.17) is 14.2 Å². The lowest BCUT2D eigenvalue weighted by atomic mass is 9.85. The number of aromatic hydroxyl groups is 1. The van der Waals surface area contributed by atoms with Gasteiger partial charge >= 0.3 is 0 Å². The van der Waals surface area contributed by atoms with Crippen LogP contribution in [0.3, 0.4) is 0 Å². The van der Waals surface area contributed by atoms with E-state index in [9.17, 15) is 9.90 Å². The Morgan fingerprint density at radius 2 is 1.68 bits per heavy atom. The standard InChI is InChI=1S/C31H37NO5/c1-21-13-22(2)19-32(18-21)30(34)17-27(31-28(33)15-26(35-3)16-29(31)36-4)24-11-8-12-25(14-24)37-20-23-9-6-5-7-10-23/h5-12,14-16,21-22,27,33H,13,17-20H2,1-4H3. The van der Waals surface area contributed by atoms with Crippen molar-refractivity contribution in [3.63, 3.8) is 0 Å². The van der Waals surface area contributed by atoms with Crippen molar-refractivity contribution in [2.24, 2.45) is 11.8 Å². The van der Waals surface area contributed by atoms with Gasteiger partial charge in [-0.05, 0) is 41.5 Å². The summed E-state index contributed by atoms with van der Waals surface area (Å²) >= 11 is 0. The zero-order valence-electron chi connectivity index (χ0n) is 22.1. The van der Waals surface area contributed by atoms with E-state index >= 15 is 0 Å². The summed E-state index contributed by atoms with van der Waals surface area (Å²) in [5.74, 6) is 2.26. The number of amides is 1. The fourth-order valence-corrected chi connectivity index (χ4v) is 5.34. The Morgan fingerprint density at radius 1 is 0.946 bits per heavy atom. The molecular formula is C31H37NO5. The first kappa shape index (κ1) is 26.4. The second-order valence-corrected chi connectivity index (χ2v) is 10.1. The van der Waals surface area contributed by atoms with Crippen LogP contribution >= 0.6 is 0 Å². The van der Waals surface area contributed by atoms with E-state index in [0.29, 0.717) is 41.3 Å². The number of ether oxygens (including phenoxy) is 3. The average Bonchev–Trinajstić information content (AvgIpc) is 2.90. The van der Waals surface area contributed by atoms with E-state index < -0.39 is 5.92 Å². The molecule has 196 valence electrons. The maximum atomic E-state index is 13.6. The molecule has 3 atom stereocenters. The van der Waals surface area contributed by atoms with Crippen molar-refractivity contribution in [2.75, 3.05) is 27.3 Å². The van der Waals surface area contributed by atoms with E-state index in [1.807, 2.05) is 59.5 Å². The van der Waals surface area contributed by atoms with Gasteiger partial charge < -0.3 is 24.2 Å². The molecule has 1 aliphatic heterocycles. The number of benzene rings is 3. The minimum atomic E-state index is -0.429. The Balaban J connectivity index is 1.68. The first-order chi connectivity index (χ1) is 17.9. The van der Waals surface area contributed by atoms with Crippen LogP contribution in [0.2, 0.25) is 0 Å². The summed E-state index contributed by atoms with van der Waals surface area (Å²) in [4.78, 5) is 15.6. The molecule has 4 rings (SSSR count). The molecule has 3 unspecified atom stereocenters. The molecule has 0 spiro atoms. The van der Waals surface area contributed by atoms with E-state index in [1.54, 1.807) is 26.4 Å². The lowest BCUT2D eigenvalue weighted by Crippen LogP contribution is -2.43. The molecule has 0 aromatic heterocycles. The number of methoxy groups -OCH3 is 2. The quantitative estimate of drug-likeness (QED) is 0.387. The van der Waals surface area contributed by atoms with Crippen LogP contribution in [0.5, 0.6) is 23.0 Å². The van der Waals surface area contributed by atoms with Gasteiger partial charge in [0.25, 0.3) is 0 Å². The summed E-state index contributed by atoms with van der Waals surface area (Å²) in [5.41, 5.74) is 2.51. The molecule has 6 nitrogen and oxygen atoms in total. The molecule has 1 heterocycles. The second kappa shape index (κ2) is 12.0. The predicted molar refractivity (Wildman–Crippen MR) is 144 cm³/mol. The molecule has 1 N–H and O–H groups in total. The maximum Gasteiger partial charge on any atom is 0.223 e. The number of likely N-dealkylation sites (tertiary alicyclic amines) is 1. The third kappa shape index (κ3) is 6.56. The van der Waals surface area contributed by atoms with Gasteiger partial charge in [-0.1, -0.05) is 56.3 Å². The van der Waals surface area contributed by atoms with E-state index in [-0.39, 0.29) is 18.1 Å². The van der Waals surface area contributed by atoms with Crippen molar-refractivity contribution in [3.8, 4) is 23.0 Å². The Kier molecular flexibility index (Phi) is 8.59. The molecule has 1 aliphatic rings. The summed E-state index contributed by atoms with van der Waals surface area (Å²) in [7, 11) is 3.10. The average molecular weight is 504 g/mol. The van der Waals surface area contributed by atoms with Gasteiger partial charge in [0.1, 0.15) is 29.6 Å². The van der Waals surface area contributed by atoms with Crippen LogP contribution in [0.25, 0.3) is 0 Å². The maximum absolute atomic E-state index is 13.6. The molecule has 6 heteroatoms. The van der Waals surface area contributed by atoms with Crippen molar-refractivity contribution in [2.45, 2.75) is 39.2 Å². The largest absolute Gasteiger partial charge is 0.507 e. The van der Waals surface area contributed by atoms with Gasteiger partial charge in [-0.3, -0.25) is 4.79 Å². The van der Waals surface area contributed by atoms with Crippen molar-refractivity contribution >= 4 is 5.91 Å². The summed E-state index contributed by atoms with van der Waals surface area (Å²) < 4.78 is 17.1. The number of phenolic OH excluding ortho intramolecular Hbond substituents is 1. The van der Waals surface area contributed by atoms with E-state index in [0.717, 1.165) is 30.6 Å². The Morgan fingerprint density at radius 3 is 2.35 bits per heavy atom. The molecule has 0 radical (unpaired) electrons. The molecule has 1 amide bonds. The second-order valence-electron chi connectivity index (χ2n) is 10.1. The molecular weight excluding hydrogens is 466 g/mol. The fourth-order valence-electron chi connectivity index (χ4n) is 5.34. The van der Waals surface area contributed by atoms with Crippen molar-refractivity contribution < 1.29 is 24.1 Å². The van der Waals surface area contributed by atoms with E-state index in [2.05, 4.69) is 13.8 Å². The first-order valence-electron chi connectivity index (χ1n) is 12.9. The highest BCUT2D eigenvalue weighted by Crippen LogP contribution is 2.44. The van der Waals surface area contributed by atoms with Crippen molar-refractivity contribution in [3.05, 3.63) is 83.4 Å². The van der Waals surface area contributed by atoms with Gasteiger partial charge in [-0.2, -0.15) is 0 Å². The molecule has 37 heavy (non-hydrogen) atoms. The predicted octanol–water partition coefficient (Wildman–Crippen LogP) is 6.01. The molecule has 0 bridgehead atoms. The summed E-state index contributed by atoms with van der Waals surface area (Å²) in [5, 5.41) is 11.1. The number of carbonyl (C=O) groups excluding carboxylic acids is 1. The van der Waals surface area contributed by atoms with Gasteiger partial charge in [0.15, 0.2) is 0 Å². The Bertz CT molecular complexity index is 1190. The number of piperidine rings is 1. The van der Waals surface area contributed by atoms with Crippen LogP contribution in [0, 0.1) is 11.8 Å². The van der Waals surface area contributed by atoms with Crippen LogP contribution in [0.1, 0.15) is 49.3 Å². The molecule has 3 aromatic carbocycles. The number of nitrogens with zero attached hydrogens (tertiary/aromatic N) is 1. The zero-order valence-corrected chi connectivity index (χ0v) is 22.1. The summed E-state index contributed by atoms with van der Waals surface area (Å²) in [6.07, 6.45) is 1.33. The minimum Gasteiger partial charge on any atom is -0.507 e. The summed E-state index contributed by atoms with van der Waals surface area (Å²) in [6.45, 7) is 6.33. The molecule has 1 saturated heterocycles. The first-order valence-corrected chi connectivity index (χ1v) is 12.9. The third-order valence-corrected chi connectivity index (χ3v) is 7.01. The molecule has 0 aliphatic carbocycles. The Labute approximate surface area is 219 Å². The monoisotopic (exact) mass is 503 g/mol. The van der Waals surface area contributed by atoms with Crippen LogP contribution < -0.4 is 14.2 Å². The molecule has 1 fully saturated rings. The number of carbonyl (C=O) groups is 1. The normalized spacial score (nSPS) is 18.2. The van der Waals surface area contributed by atoms with Crippen LogP contribution in [0.4, 0.5) is 0 Å². The van der Waals surface area contributed by atoms with Crippen LogP contribution in [0.15, 0.2) is 66.7 Å². The molecule has 3 aromatic rings. The van der Waals surface area contributed by atoms with Crippen molar-refractivity contribution in [1.29, 1.82) is 0 Å². The van der Waals surface area contributed by atoms with Gasteiger partial charge in [0.2, 0.25) is 5.91 Å². The number of hydrogen-bond donors (Lipinski definition) is 1. The van der Waals surface area contributed by atoms with Crippen molar-refractivity contribution in [1.82, 2.24) is 4.90 Å². The SMILES string of the molecule is COc1cc(O)c(C(CC(=O)N2CC(C)CC(C)C2)c2cccc(OCc3ccccc3)c2)c(OC)c1. The van der Waals surface area contributed by atoms with Gasteiger partial charge in [0, 0.05) is 43.1 Å². The van der Waals surface area contributed by atoms with Gasteiger partial charge in [-0.25, -0.2) is 0 Å². The zero-order chi connectivity index (χ0) is 26.4. The van der Waals surface area contributed by atoms with Crippen LogP contribution in [-0.2, 0) is 11.4 Å². The van der Waals surface area contributed by atoms with Gasteiger partial charge in [0.05, 0.1) is 14.2 Å². The lowest BCUT2D eigenvalue weighted by Gasteiger charge is -2.36. The van der Waals surface area contributed by atoms with Crippen LogP contribution in [-0.4, -0.2) is 43.2 Å². The fraction of sp³-hybridized carbons (Fsp3) is 0.387. The lowest BCUT2D eigenvalue weighted by molar-refractivity contribution is -0.134.